The third-order valence-electron chi connectivity index (χ3n) is 2.96. The number of thioether (sulfide) groups is 1. The monoisotopic (exact) mass is 276 g/mol. The van der Waals surface area contributed by atoms with Gasteiger partial charge in [0.15, 0.2) is 4.08 Å². The van der Waals surface area contributed by atoms with Gasteiger partial charge >= 0.3 is 7.25 Å². The van der Waals surface area contributed by atoms with Gasteiger partial charge in [-0.3, -0.25) is 0 Å². The molecule has 2 aliphatic rings. The van der Waals surface area contributed by atoms with Crippen LogP contribution in [0.3, 0.4) is 0 Å². The summed E-state index contributed by atoms with van der Waals surface area (Å²) in [6.07, 6.45) is 4.46. The highest BCUT2D eigenvalue weighted by Gasteiger charge is 2.53. The SMILES string of the molecule is CC1CCC2(C)SCCC[S+]12.F[B-](F)(F)F. The molecule has 0 aromatic heterocycles. The van der Waals surface area contributed by atoms with Gasteiger partial charge in [0, 0.05) is 35.9 Å². The molecule has 7 heteroatoms. The number of halogens is 4. The second-order valence-corrected chi connectivity index (χ2v) is 9.14. The van der Waals surface area contributed by atoms with Crippen LogP contribution in [0.25, 0.3) is 0 Å². The second-order valence-electron chi connectivity index (χ2n) is 4.31. The van der Waals surface area contributed by atoms with Crippen LogP contribution in [0.15, 0.2) is 0 Å². The summed E-state index contributed by atoms with van der Waals surface area (Å²) in [5, 5.41) is 1.03. The molecular weight excluding hydrogens is 259 g/mol. The number of fused-ring (bicyclic) bond motifs is 1. The zero-order valence-corrected chi connectivity index (χ0v) is 11.2. The van der Waals surface area contributed by atoms with Gasteiger partial charge in [-0.05, 0) is 13.8 Å². The predicted octanol–water partition coefficient (Wildman–Crippen LogP) is 3.94. The highest BCUT2D eigenvalue weighted by molar-refractivity contribution is 8.17. The maximum absolute atomic E-state index is 9.75. The van der Waals surface area contributed by atoms with Gasteiger partial charge in [-0.1, -0.05) is 0 Å². The van der Waals surface area contributed by atoms with Gasteiger partial charge in [0.25, 0.3) is 0 Å². The molecule has 2 saturated heterocycles. The normalized spacial score (nSPS) is 38.6. The van der Waals surface area contributed by atoms with Crippen molar-refractivity contribution >= 4 is 29.9 Å². The molecule has 0 nitrogen and oxygen atoms in total. The molecule has 96 valence electrons. The van der Waals surface area contributed by atoms with E-state index in [1.165, 1.54) is 30.8 Å². The van der Waals surface area contributed by atoms with Gasteiger partial charge in [-0.15, -0.1) is 11.8 Å². The molecule has 0 spiro atoms. The zero-order valence-electron chi connectivity index (χ0n) is 9.52. The van der Waals surface area contributed by atoms with Gasteiger partial charge in [-0.25, -0.2) is 0 Å². The second kappa shape index (κ2) is 5.42. The molecule has 0 aromatic rings. The zero-order chi connectivity index (χ0) is 12.4. The molecule has 0 saturated carbocycles. The highest BCUT2D eigenvalue weighted by atomic mass is 32.2. The summed E-state index contributed by atoms with van der Waals surface area (Å²) < 4.78 is 39.7. The van der Waals surface area contributed by atoms with E-state index in [0.29, 0.717) is 4.08 Å². The maximum atomic E-state index is 9.75. The lowest BCUT2D eigenvalue weighted by molar-refractivity contribution is 0.368. The van der Waals surface area contributed by atoms with Crippen molar-refractivity contribution in [3.63, 3.8) is 0 Å². The third-order valence-corrected chi connectivity index (χ3v) is 8.51. The summed E-state index contributed by atoms with van der Waals surface area (Å²) >= 11 is 2.25. The largest absolute Gasteiger partial charge is 0.673 e. The van der Waals surface area contributed by atoms with Crippen molar-refractivity contribution in [1.82, 2.24) is 0 Å². The smallest absolute Gasteiger partial charge is 0.418 e. The molecule has 2 fully saturated rings. The summed E-state index contributed by atoms with van der Waals surface area (Å²) in [5.41, 5.74) is 0. The Hall–Kier alpha value is 0.485. The molecule has 3 unspecified atom stereocenters. The van der Waals surface area contributed by atoms with Gasteiger partial charge in [-0.2, -0.15) is 0 Å². The molecule has 0 aromatic carbocycles. The molecule has 2 rings (SSSR count). The molecule has 2 aliphatic heterocycles. The van der Waals surface area contributed by atoms with E-state index in [-0.39, 0.29) is 0 Å². The topological polar surface area (TPSA) is 0 Å². The first kappa shape index (κ1) is 14.5. The van der Waals surface area contributed by atoms with Crippen LogP contribution in [0.4, 0.5) is 17.3 Å². The first-order valence-electron chi connectivity index (χ1n) is 5.43. The summed E-state index contributed by atoms with van der Waals surface area (Å²) in [7, 11) is -5.23. The molecule has 2 heterocycles. The van der Waals surface area contributed by atoms with Crippen LogP contribution in [-0.4, -0.2) is 28.1 Å². The Kier molecular flexibility index (Phi) is 4.93. The fourth-order valence-corrected chi connectivity index (χ4v) is 7.92. The van der Waals surface area contributed by atoms with Crippen molar-refractivity contribution in [1.29, 1.82) is 0 Å². The van der Waals surface area contributed by atoms with Crippen molar-refractivity contribution in [2.75, 3.05) is 11.5 Å². The van der Waals surface area contributed by atoms with Crippen molar-refractivity contribution in [3.8, 4) is 0 Å². The first-order valence-corrected chi connectivity index (χ1v) is 7.88. The predicted molar refractivity (Wildman–Crippen MR) is 66.6 cm³/mol. The average molecular weight is 276 g/mol. The van der Waals surface area contributed by atoms with Crippen molar-refractivity contribution in [2.24, 2.45) is 0 Å². The van der Waals surface area contributed by atoms with Crippen LogP contribution in [0.2, 0.25) is 0 Å². The molecule has 0 radical (unpaired) electrons. The Morgan fingerprint density at radius 3 is 2.38 bits per heavy atom. The molecule has 0 N–H and O–H groups in total. The Labute approximate surface area is 101 Å². The summed E-state index contributed by atoms with van der Waals surface area (Å²) in [4.78, 5) is 0. The van der Waals surface area contributed by atoms with E-state index >= 15 is 0 Å². The minimum atomic E-state index is -6.00. The first-order chi connectivity index (χ1) is 7.22. The quantitative estimate of drug-likeness (QED) is 0.367. The molecular formula is C9H17BF4S2. The number of rotatable bonds is 0. The molecule has 3 atom stereocenters. The summed E-state index contributed by atoms with van der Waals surface area (Å²) in [6.45, 7) is 4.96. The van der Waals surface area contributed by atoms with Gasteiger partial charge in [0.2, 0.25) is 0 Å². The molecule has 0 amide bonds. The standard InChI is InChI=1S/C9H17S2.BF4/c1-8-4-5-9(2)10-6-3-7-11(8)9;2-1(3,4)5/h8H,3-7H2,1-2H3;/q+1;-1. The van der Waals surface area contributed by atoms with E-state index in [2.05, 4.69) is 25.6 Å². The van der Waals surface area contributed by atoms with Crippen LogP contribution in [0, 0.1) is 0 Å². The maximum Gasteiger partial charge on any atom is 0.673 e. The Bertz CT molecular complexity index is 226. The summed E-state index contributed by atoms with van der Waals surface area (Å²) in [5.74, 6) is 2.96. The van der Waals surface area contributed by atoms with Crippen molar-refractivity contribution in [3.05, 3.63) is 0 Å². The van der Waals surface area contributed by atoms with Crippen molar-refractivity contribution in [2.45, 2.75) is 42.4 Å². The van der Waals surface area contributed by atoms with E-state index in [9.17, 15) is 17.3 Å². The van der Waals surface area contributed by atoms with Crippen LogP contribution < -0.4 is 0 Å². The molecule has 0 bridgehead atoms. The Balaban J connectivity index is 0.000000221. The van der Waals surface area contributed by atoms with E-state index in [1.54, 1.807) is 0 Å². The minimum absolute atomic E-state index is 0.706. The van der Waals surface area contributed by atoms with Crippen LogP contribution in [-0.2, 0) is 10.9 Å². The Morgan fingerprint density at radius 2 is 1.88 bits per heavy atom. The van der Waals surface area contributed by atoms with E-state index < -0.39 is 7.25 Å². The van der Waals surface area contributed by atoms with E-state index in [4.69, 9.17) is 0 Å². The lowest BCUT2D eigenvalue weighted by Gasteiger charge is -2.28. The average Bonchev–Trinajstić information content (AvgIpc) is 2.41. The van der Waals surface area contributed by atoms with Gasteiger partial charge in [0.1, 0.15) is 11.0 Å². The van der Waals surface area contributed by atoms with E-state index in [0.717, 1.165) is 16.1 Å². The summed E-state index contributed by atoms with van der Waals surface area (Å²) in [6, 6.07) is 0. The number of hydrogen-bond donors (Lipinski definition) is 0. The van der Waals surface area contributed by atoms with Crippen LogP contribution in [0.5, 0.6) is 0 Å². The Morgan fingerprint density at radius 1 is 1.31 bits per heavy atom. The van der Waals surface area contributed by atoms with Crippen molar-refractivity contribution < 1.29 is 17.3 Å². The number of hydrogen-bond acceptors (Lipinski definition) is 1. The van der Waals surface area contributed by atoms with E-state index in [1.807, 2.05) is 0 Å². The molecule has 16 heavy (non-hydrogen) atoms. The van der Waals surface area contributed by atoms with Gasteiger partial charge < -0.3 is 17.3 Å². The van der Waals surface area contributed by atoms with Crippen LogP contribution >= 0.6 is 11.8 Å². The molecule has 0 aliphatic carbocycles. The fraction of sp³-hybridized carbons (Fsp3) is 1.00. The third kappa shape index (κ3) is 4.39. The lowest BCUT2D eigenvalue weighted by atomic mass is 10.2. The van der Waals surface area contributed by atoms with Crippen LogP contribution in [0.1, 0.15) is 33.1 Å². The fourth-order valence-electron chi connectivity index (χ4n) is 2.23. The lowest BCUT2D eigenvalue weighted by Crippen LogP contribution is -2.36. The van der Waals surface area contributed by atoms with Gasteiger partial charge in [0.05, 0.1) is 0 Å². The minimum Gasteiger partial charge on any atom is -0.418 e. The highest BCUT2D eigenvalue weighted by Crippen LogP contribution is 2.49.